The number of carbonyl (C=O) groups is 1. The van der Waals surface area contributed by atoms with Crippen molar-refractivity contribution in [1.29, 1.82) is 0 Å². The summed E-state index contributed by atoms with van der Waals surface area (Å²) in [4.78, 5) is 16.0. The molecule has 140 valence electrons. The van der Waals surface area contributed by atoms with Crippen LogP contribution in [0.4, 0.5) is 18.9 Å². The lowest BCUT2D eigenvalue weighted by atomic mass is 10.1. The van der Waals surface area contributed by atoms with Crippen molar-refractivity contribution in [2.24, 2.45) is 0 Å². The standard InChI is InChI=1S/C18H25F3N2O2/c1-3-4-12-25-14(2)17(24)23-10-8-22(9-11-23)16-7-5-6-15(13-16)18(19,20)21/h5-7,13-14H,3-4,8-12H2,1-2H3. The van der Waals surface area contributed by atoms with Crippen molar-refractivity contribution in [2.45, 2.75) is 39.0 Å². The van der Waals surface area contributed by atoms with Crippen LogP contribution in [-0.2, 0) is 15.7 Å². The van der Waals surface area contributed by atoms with E-state index in [0.29, 0.717) is 38.5 Å². The molecule has 1 unspecified atom stereocenters. The first-order chi connectivity index (χ1) is 11.8. The first kappa shape index (κ1) is 19.6. The Kier molecular flexibility index (Phi) is 6.70. The van der Waals surface area contributed by atoms with Gasteiger partial charge in [0.15, 0.2) is 0 Å². The van der Waals surface area contributed by atoms with Gasteiger partial charge in [-0.05, 0) is 31.5 Å². The van der Waals surface area contributed by atoms with Crippen molar-refractivity contribution in [3.05, 3.63) is 29.8 Å². The summed E-state index contributed by atoms with van der Waals surface area (Å²) in [6, 6.07) is 5.31. The number of piperazine rings is 1. The van der Waals surface area contributed by atoms with Crippen LogP contribution < -0.4 is 4.90 Å². The number of carbonyl (C=O) groups excluding carboxylic acids is 1. The van der Waals surface area contributed by atoms with E-state index in [1.165, 1.54) is 6.07 Å². The Morgan fingerprint density at radius 2 is 1.92 bits per heavy atom. The van der Waals surface area contributed by atoms with Gasteiger partial charge in [0, 0.05) is 38.5 Å². The predicted octanol–water partition coefficient (Wildman–Crippen LogP) is 3.56. The number of halogens is 3. The van der Waals surface area contributed by atoms with Crippen LogP contribution in [-0.4, -0.2) is 49.7 Å². The molecule has 1 aliphatic heterocycles. The summed E-state index contributed by atoms with van der Waals surface area (Å²) in [6.07, 6.45) is -2.90. The van der Waals surface area contributed by atoms with Gasteiger partial charge < -0.3 is 14.5 Å². The van der Waals surface area contributed by atoms with E-state index in [4.69, 9.17) is 4.74 Å². The van der Waals surface area contributed by atoms with Gasteiger partial charge in [0.1, 0.15) is 6.10 Å². The lowest BCUT2D eigenvalue weighted by Gasteiger charge is -2.37. The fourth-order valence-electron chi connectivity index (χ4n) is 2.80. The predicted molar refractivity (Wildman–Crippen MR) is 90.6 cm³/mol. The number of unbranched alkanes of at least 4 members (excludes halogenated alkanes) is 1. The minimum Gasteiger partial charge on any atom is -0.369 e. The fraction of sp³-hybridized carbons (Fsp3) is 0.611. The van der Waals surface area contributed by atoms with Gasteiger partial charge in [-0.3, -0.25) is 4.79 Å². The minimum atomic E-state index is -4.35. The zero-order valence-corrected chi connectivity index (χ0v) is 14.7. The molecule has 0 aliphatic carbocycles. The third-order valence-corrected chi connectivity index (χ3v) is 4.34. The van der Waals surface area contributed by atoms with Crippen LogP contribution in [0.25, 0.3) is 0 Å². The summed E-state index contributed by atoms with van der Waals surface area (Å²) >= 11 is 0. The Morgan fingerprint density at radius 3 is 2.52 bits per heavy atom. The molecule has 7 heteroatoms. The molecular formula is C18H25F3N2O2. The Morgan fingerprint density at radius 1 is 1.24 bits per heavy atom. The fourth-order valence-corrected chi connectivity index (χ4v) is 2.80. The third-order valence-electron chi connectivity index (χ3n) is 4.34. The van der Waals surface area contributed by atoms with Crippen LogP contribution in [0.5, 0.6) is 0 Å². The molecule has 25 heavy (non-hydrogen) atoms. The lowest BCUT2D eigenvalue weighted by molar-refractivity contribution is -0.143. The van der Waals surface area contributed by atoms with Crippen LogP contribution in [0.3, 0.4) is 0 Å². The molecule has 1 aromatic rings. The maximum atomic E-state index is 12.8. The van der Waals surface area contributed by atoms with Crippen molar-refractivity contribution >= 4 is 11.6 Å². The van der Waals surface area contributed by atoms with Gasteiger partial charge in [0.05, 0.1) is 5.56 Å². The number of rotatable bonds is 6. The maximum absolute atomic E-state index is 12.8. The van der Waals surface area contributed by atoms with Crippen molar-refractivity contribution in [3.63, 3.8) is 0 Å². The zero-order chi connectivity index (χ0) is 18.4. The zero-order valence-electron chi connectivity index (χ0n) is 14.7. The Bertz CT molecular complexity index is 570. The van der Waals surface area contributed by atoms with E-state index in [2.05, 4.69) is 6.92 Å². The maximum Gasteiger partial charge on any atom is 0.416 e. The molecule has 0 aromatic heterocycles. The second kappa shape index (κ2) is 8.56. The molecule has 1 saturated heterocycles. The van der Waals surface area contributed by atoms with E-state index in [0.717, 1.165) is 25.0 Å². The first-order valence-electron chi connectivity index (χ1n) is 8.65. The summed E-state index contributed by atoms with van der Waals surface area (Å²) in [5.74, 6) is -0.0557. The molecule has 1 atom stereocenters. The van der Waals surface area contributed by atoms with Crippen molar-refractivity contribution in [1.82, 2.24) is 4.90 Å². The number of alkyl halides is 3. The molecule has 1 amide bonds. The Labute approximate surface area is 146 Å². The van der Waals surface area contributed by atoms with Crippen LogP contribution in [0, 0.1) is 0 Å². The Hall–Kier alpha value is -1.76. The van der Waals surface area contributed by atoms with Gasteiger partial charge in [0.25, 0.3) is 5.91 Å². The van der Waals surface area contributed by atoms with Crippen molar-refractivity contribution in [2.75, 3.05) is 37.7 Å². The number of amides is 1. The third kappa shape index (κ3) is 5.36. The molecule has 1 aromatic carbocycles. The highest BCUT2D eigenvalue weighted by molar-refractivity contribution is 5.80. The number of hydrogen-bond donors (Lipinski definition) is 0. The van der Waals surface area contributed by atoms with E-state index in [9.17, 15) is 18.0 Å². The quantitative estimate of drug-likeness (QED) is 0.729. The minimum absolute atomic E-state index is 0.0557. The average molecular weight is 358 g/mol. The summed E-state index contributed by atoms with van der Waals surface area (Å²) in [6.45, 7) is 6.35. The number of nitrogens with zero attached hydrogens (tertiary/aromatic N) is 2. The Balaban J connectivity index is 1.90. The highest BCUT2D eigenvalue weighted by Gasteiger charge is 2.31. The van der Waals surface area contributed by atoms with Gasteiger partial charge in [-0.25, -0.2) is 0 Å². The molecule has 1 heterocycles. The summed E-state index contributed by atoms with van der Waals surface area (Å²) < 4.78 is 44.0. The lowest BCUT2D eigenvalue weighted by Crippen LogP contribution is -2.51. The molecular weight excluding hydrogens is 333 g/mol. The van der Waals surface area contributed by atoms with Crippen molar-refractivity contribution in [3.8, 4) is 0 Å². The topological polar surface area (TPSA) is 32.8 Å². The van der Waals surface area contributed by atoms with Crippen LogP contribution in [0.15, 0.2) is 24.3 Å². The van der Waals surface area contributed by atoms with E-state index >= 15 is 0 Å². The number of anilines is 1. The highest BCUT2D eigenvalue weighted by atomic mass is 19.4. The summed E-state index contributed by atoms with van der Waals surface area (Å²) in [5.41, 5.74) is -0.115. The van der Waals surface area contributed by atoms with E-state index in [1.54, 1.807) is 17.9 Å². The number of ether oxygens (including phenoxy) is 1. The molecule has 0 N–H and O–H groups in total. The smallest absolute Gasteiger partial charge is 0.369 e. The van der Waals surface area contributed by atoms with Gasteiger partial charge in [0.2, 0.25) is 0 Å². The second-order valence-corrected chi connectivity index (χ2v) is 6.23. The van der Waals surface area contributed by atoms with E-state index in [1.807, 2.05) is 4.90 Å². The largest absolute Gasteiger partial charge is 0.416 e. The first-order valence-corrected chi connectivity index (χ1v) is 8.65. The molecule has 0 saturated carbocycles. The highest BCUT2D eigenvalue weighted by Crippen LogP contribution is 2.31. The van der Waals surface area contributed by atoms with Crippen LogP contribution in [0.2, 0.25) is 0 Å². The summed E-state index contributed by atoms with van der Waals surface area (Å²) in [7, 11) is 0. The van der Waals surface area contributed by atoms with Gasteiger partial charge >= 0.3 is 6.18 Å². The molecule has 2 rings (SSSR count). The van der Waals surface area contributed by atoms with Crippen LogP contribution >= 0.6 is 0 Å². The average Bonchev–Trinajstić information content (AvgIpc) is 2.61. The monoisotopic (exact) mass is 358 g/mol. The summed E-state index contributed by atoms with van der Waals surface area (Å²) in [5, 5.41) is 0. The molecule has 1 aliphatic rings. The second-order valence-electron chi connectivity index (χ2n) is 6.23. The molecule has 0 bridgehead atoms. The van der Waals surface area contributed by atoms with Gasteiger partial charge in [-0.2, -0.15) is 13.2 Å². The number of benzene rings is 1. The van der Waals surface area contributed by atoms with Gasteiger partial charge in [-0.15, -0.1) is 0 Å². The van der Waals surface area contributed by atoms with E-state index in [-0.39, 0.29) is 5.91 Å². The SMILES string of the molecule is CCCCOC(C)C(=O)N1CCN(c2cccc(C(F)(F)F)c2)CC1. The molecule has 4 nitrogen and oxygen atoms in total. The van der Waals surface area contributed by atoms with Crippen molar-refractivity contribution < 1.29 is 22.7 Å². The normalized spacial score (nSPS) is 16.8. The van der Waals surface area contributed by atoms with E-state index < -0.39 is 17.8 Å². The molecule has 0 spiro atoms. The number of hydrogen-bond acceptors (Lipinski definition) is 3. The molecule has 0 radical (unpaired) electrons. The molecule has 1 fully saturated rings. The van der Waals surface area contributed by atoms with Gasteiger partial charge in [-0.1, -0.05) is 19.4 Å². The van der Waals surface area contributed by atoms with Crippen LogP contribution in [0.1, 0.15) is 32.3 Å².